The molecule has 1 aromatic carbocycles. The Hall–Kier alpha value is -1.16. The maximum atomic E-state index is 11.2. The highest BCUT2D eigenvalue weighted by Gasteiger charge is 2.12. The number of nitrogen functional groups attached to an aromatic ring is 2. The topological polar surface area (TPSA) is 69.1 Å². The Morgan fingerprint density at radius 2 is 2.00 bits per heavy atom. The van der Waals surface area contributed by atoms with Crippen LogP contribution in [0.15, 0.2) is 17.0 Å². The summed E-state index contributed by atoms with van der Waals surface area (Å²) >= 11 is 1.49. The van der Waals surface area contributed by atoms with Crippen LogP contribution in [-0.4, -0.2) is 12.0 Å². The fraction of sp³-hybridized carbons (Fsp3) is 0.222. The van der Waals surface area contributed by atoms with E-state index in [4.69, 9.17) is 11.5 Å². The van der Waals surface area contributed by atoms with Crippen LogP contribution in [0.3, 0.4) is 0 Å². The highest BCUT2D eigenvalue weighted by atomic mass is 32.2. The van der Waals surface area contributed by atoms with Crippen LogP contribution < -0.4 is 11.5 Å². The normalized spacial score (nSPS) is 10.0. The maximum absolute atomic E-state index is 11.2. The van der Waals surface area contributed by atoms with Gasteiger partial charge in [-0.05, 0) is 25.3 Å². The third-order valence-corrected chi connectivity index (χ3v) is 2.59. The molecular weight excluding hydrogens is 184 g/mol. The smallest absolute Gasteiger partial charge is 0.163 e. The first-order valence-corrected chi connectivity index (χ1v) is 5.03. The molecule has 0 spiro atoms. The summed E-state index contributed by atoms with van der Waals surface area (Å²) in [5.74, 6) is -0.0471. The van der Waals surface area contributed by atoms with Crippen molar-refractivity contribution in [3.05, 3.63) is 17.7 Å². The first kappa shape index (κ1) is 9.92. The summed E-state index contributed by atoms with van der Waals surface area (Å²) in [5, 5.41) is 0. The number of hydrogen-bond donors (Lipinski definition) is 2. The number of carbonyl (C=O) groups excluding carboxylic acids is 1. The van der Waals surface area contributed by atoms with Crippen LogP contribution in [0.25, 0.3) is 0 Å². The lowest BCUT2D eigenvalue weighted by Crippen LogP contribution is -2.05. The second-order valence-corrected chi connectivity index (χ2v) is 3.55. The van der Waals surface area contributed by atoms with E-state index in [-0.39, 0.29) is 5.78 Å². The van der Waals surface area contributed by atoms with E-state index in [2.05, 4.69) is 0 Å². The Morgan fingerprint density at radius 1 is 1.38 bits per heavy atom. The Kier molecular flexibility index (Phi) is 2.83. The van der Waals surface area contributed by atoms with Crippen molar-refractivity contribution in [3.63, 3.8) is 0 Å². The number of anilines is 2. The molecule has 3 nitrogen and oxygen atoms in total. The zero-order chi connectivity index (χ0) is 10.0. The Balaban J connectivity index is 3.41. The molecule has 0 aliphatic rings. The fourth-order valence-electron chi connectivity index (χ4n) is 1.15. The predicted molar refractivity (Wildman–Crippen MR) is 57.1 cm³/mol. The molecule has 0 fully saturated rings. The van der Waals surface area contributed by atoms with Gasteiger partial charge < -0.3 is 11.5 Å². The number of hydrogen-bond acceptors (Lipinski definition) is 4. The van der Waals surface area contributed by atoms with Crippen LogP contribution in [-0.2, 0) is 0 Å². The molecule has 0 atom stereocenters. The van der Waals surface area contributed by atoms with E-state index < -0.39 is 0 Å². The SMILES string of the molecule is CSc1ccc(N)c(N)c1C(C)=O. The lowest BCUT2D eigenvalue weighted by Gasteiger charge is -2.09. The van der Waals surface area contributed by atoms with Crippen molar-refractivity contribution < 1.29 is 4.79 Å². The second kappa shape index (κ2) is 3.70. The van der Waals surface area contributed by atoms with E-state index in [1.54, 1.807) is 6.07 Å². The van der Waals surface area contributed by atoms with Crippen molar-refractivity contribution in [1.29, 1.82) is 0 Å². The Bertz CT molecular complexity index is 350. The molecule has 0 saturated heterocycles. The zero-order valence-corrected chi connectivity index (χ0v) is 8.44. The molecule has 1 rings (SSSR count). The molecule has 4 heteroatoms. The molecule has 0 saturated carbocycles. The minimum atomic E-state index is -0.0471. The van der Waals surface area contributed by atoms with E-state index in [1.807, 2.05) is 12.3 Å². The lowest BCUT2D eigenvalue weighted by atomic mass is 10.1. The molecule has 13 heavy (non-hydrogen) atoms. The minimum Gasteiger partial charge on any atom is -0.397 e. The summed E-state index contributed by atoms with van der Waals surface area (Å²) in [6.45, 7) is 1.49. The Morgan fingerprint density at radius 3 is 2.46 bits per heavy atom. The summed E-state index contributed by atoms with van der Waals surface area (Å²) in [5.41, 5.74) is 12.7. The monoisotopic (exact) mass is 196 g/mol. The summed E-state index contributed by atoms with van der Waals surface area (Å²) in [4.78, 5) is 12.1. The van der Waals surface area contributed by atoms with Gasteiger partial charge in [0.05, 0.1) is 16.9 Å². The molecule has 70 valence electrons. The molecule has 0 unspecified atom stereocenters. The number of ketones is 1. The summed E-state index contributed by atoms with van der Waals surface area (Å²) < 4.78 is 0. The van der Waals surface area contributed by atoms with Gasteiger partial charge in [0, 0.05) is 4.90 Å². The quantitative estimate of drug-likeness (QED) is 0.430. The number of carbonyl (C=O) groups is 1. The molecule has 0 heterocycles. The van der Waals surface area contributed by atoms with Crippen LogP contribution >= 0.6 is 11.8 Å². The number of nitrogens with two attached hydrogens (primary N) is 2. The molecule has 0 bridgehead atoms. The Labute approximate surface area is 81.5 Å². The zero-order valence-electron chi connectivity index (χ0n) is 7.63. The minimum absolute atomic E-state index is 0.0471. The van der Waals surface area contributed by atoms with Gasteiger partial charge in [-0.3, -0.25) is 4.79 Å². The predicted octanol–water partition coefficient (Wildman–Crippen LogP) is 1.78. The summed E-state index contributed by atoms with van der Waals surface area (Å²) in [6, 6.07) is 3.53. The molecule has 1 aromatic rings. The van der Waals surface area contributed by atoms with Gasteiger partial charge in [-0.2, -0.15) is 0 Å². The highest BCUT2D eigenvalue weighted by molar-refractivity contribution is 7.98. The average molecular weight is 196 g/mol. The van der Waals surface area contributed by atoms with Gasteiger partial charge in [-0.15, -0.1) is 11.8 Å². The summed E-state index contributed by atoms with van der Waals surface area (Å²) in [6.07, 6.45) is 1.90. The van der Waals surface area contributed by atoms with Crippen LogP contribution in [0.4, 0.5) is 11.4 Å². The van der Waals surface area contributed by atoms with Gasteiger partial charge in [0.15, 0.2) is 5.78 Å². The number of thioether (sulfide) groups is 1. The largest absolute Gasteiger partial charge is 0.397 e. The summed E-state index contributed by atoms with van der Waals surface area (Å²) in [7, 11) is 0. The molecule has 0 aliphatic carbocycles. The van der Waals surface area contributed by atoms with E-state index in [0.717, 1.165) is 4.90 Å². The van der Waals surface area contributed by atoms with Crippen molar-refractivity contribution in [2.45, 2.75) is 11.8 Å². The molecule has 0 aromatic heterocycles. The molecule has 0 radical (unpaired) electrons. The lowest BCUT2D eigenvalue weighted by molar-refractivity contribution is 0.101. The van der Waals surface area contributed by atoms with E-state index in [1.165, 1.54) is 18.7 Å². The highest BCUT2D eigenvalue weighted by Crippen LogP contribution is 2.29. The molecule has 4 N–H and O–H groups in total. The van der Waals surface area contributed by atoms with Gasteiger partial charge in [0.1, 0.15) is 0 Å². The van der Waals surface area contributed by atoms with Gasteiger partial charge in [0.2, 0.25) is 0 Å². The van der Waals surface area contributed by atoms with Crippen molar-refractivity contribution in [2.75, 3.05) is 17.7 Å². The number of rotatable bonds is 2. The molecule has 0 aliphatic heterocycles. The maximum Gasteiger partial charge on any atom is 0.163 e. The first-order chi connectivity index (χ1) is 6.07. The van der Waals surface area contributed by atoms with E-state index in [0.29, 0.717) is 16.9 Å². The fourth-order valence-corrected chi connectivity index (χ4v) is 1.81. The number of benzene rings is 1. The van der Waals surface area contributed by atoms with Gasteiger partial charge >= 0.3 is 0 Å². The number of Topliss-reactive ketones (excluding diaryl/α,β-unsaturated/α-hetero) is 1. The van der Waals surface area contributed by atoms with Gasteiger partial charge in [0.25, 0.3) is 0 Å². The molecular formula is C9H12N2OS. The van der Waals surface area contributed by atoms with E-state index in [9.17, 15) is 4.79 Å². The van der Waals surface area contributed by atoms with Crippen LogP contribution in [0, 0.1) is 0 Å². The third-order valence-electron chi connectivity index (χ3n) is 1.81. The first-order valence-electron chi connectivity index (χ1n) is 3.80. The van der Waals surface area contributed by atoms with Crippen molar-refractivity contribution in [1.82, 2.24) is 0 Å². The van der Waals surface area contributed by atoms with Gasteiger partial charge in [-0.25, -0.2) is 0 Å². The average Bonchev–Trinajstić information content (AvgIpc) is 2.08. The van der Waals surface area contributed by atoms with Crippen molar-refractivity contribution in [2.24, 2.45) is 0 Å². The van der Waals surface area contributed by atoms with Crippen molar-refractivity contribution >= 4 is 28.9 Å². The molecule has 0 amide bonds. The van der Waals surface area contributed by atoms with Crippen LogP contribution in [0.1, 0.15) is 17.3 Å². The van der Waals surface area contributed by atoms with Crippen LogP contribution in [0.2, 0.25) is 0 Å². The third kappa shape index (κ3) is 1.78. The van der Waals surface area contributed by atoms with Crippen LogP contribution in [0.5, 0.6) is 0 Å². The van der Waals surface area contributed by atoms with E-state index >= 15 is 0 Å². The standard InChI is InChI=1S/C9H12N2OS/c1-5(12)8-7(13-2)4-3-6(10)9(8)11/h3-4H,10-11H2,1-2H3. The van der Waals surface area contributed by atoms with Gasteiger partial charge in [-0.1, -0.05) is 0 Å². The second-order valence-electron chi connectivity index (χ2n) is 2.70. The van der Waals surface area contributed by atoms with Crippen molar-refractivity contribution in [3.8, 4) is 0 Å².